The molecule has 0 aromatic heterocycles. The second kappa shape index (κ2) is 7.35. The van der Waals surface area contributed by atoms with Gasteiger partial charge in [0, 0.05) is 17.8 Å². The van der Waals surface area contributed by atoms with Crippen LogP contribution in [0.3, 0.4) is 0 Å². The Morgan fingerprint density at radius 2 is 1.96 bits per heavy atom. The molecule has 130 valence electrons. The van der Waals surface area contributed by atoms with Crippen LogP contribution in [0.25, 0.3) is 0 Å². The van der Waals surface area contributed by atoms with E-state index in [1.807, 2.05) is 13.1 Å². The summed E-state index contributed by atoms with van der Waals surface area (Å²) in [5.41, 5.74) is 4.67. The first-order chi connectivity index (χ1) is 11.3. The van der Waals surface area contributed by atoms with Gasteiger partial charge >= 0.3 is 18.0 Å². The van der Waals surface area contributed by atoms with Crippen molar-refractivity contribution >= 4 is 17.5 Å². The Morgan fingerprint density at radius 1 is 1.21 bits per heavy atom. The summed E-state index contributed by atoms with van der Waals surface area (Å²) in [7, 11) is 2.04. The summed E-state index contributed by atoms with van der Waals surface area (Å²) < 4.78 is 37.8. The lowest BCUT2D eigenvalue weighted by Gasteiger charge is -2.20. The van der Waals surface area contributed by atoms with Crippen molar-refractivity contribution < 1.29 is 27.7 Å². The van der Waals surface area contributed by atoms with Crippen LogP contribution in [0.2, 0.25) is 0 Å². The van der Waals surface area contributed by atoms with E-state index in [1.165, 1.54) is 11.0 Å². The second-order valence-electron chi connectivity index (χ2n) is 5.50. The van der Waals surface area contributed by atoms with Crippen molar-refractivity contribution in [3.05, 3.63) is 41.6 Å². The lowest BCUT2D eigenvalue weighted by atomic mass is 10.2. The zero-order valence-corrected chi connectivity index (χ0v) is 13.0. The van der Waals surface area contributed by atoms with Crippen molar-refractivity contribution in [2.45, 2.75) is 12.6 Å². The van der Waals surface area contributed by atoms with E-state index in [4.69, 9.17) is 0 Å². The first-order valence-electron chi connectivity index (χ1n) is 7.30. The Balaban J connectivity index is 1.89. The van der Waals surface area contributed by atoms with Crippen LogP contribution >= 0.6 is 0 Å². The average Bonchev–Trinajstić information content (AvgIpc) is 2.53. The van der Waals surface area contributed by atoms with Crippen LogP contribution in [0.15, 0.2) is 36.0 Å². The number of carbonyl (C=O) groups is 2. The molecule has 1 aromatic rings. The molecule has 0 radical (unpaired) electrons. The minimum Gasteiger partial charge on any atom is -0.334 e. The molecule has 2 rings (SSSR count). The van der Waals surface area contributed by atoms with E-state index in [1.54, 1.807) is 0 Å². The number of hydrazine groups is 1. The van der Waals surface area contributed by atoms with Crippen molar-refractivity contribution in [3.8, 4) is 0 Å². The van der Waals surface area contributed by atoms with Crippen molar-refractivity contribution in [1.29, 1.82) is 0 Å². The number of anilines is 1. The molecule has 0 aliphatic carbocycles. The van der Waals surface area contributed by atoms with Gasteiger partial charge in [-0.15, -0.1) is 0 Å². The van der Waals surface area contributed by atoms with E-state index in [9.17, 15) is 22.8 Å². The maximum absolute atomic E-state index is 12.6. The minimum absolute atomic E-state index is 0.105. The summed E-state index contributed by atoms with van der Waals surface area (Å²) in [5.74, 6) is -2.04. The summed E-state index contributed by atoms with van der Waals surface area (Å²) in [4.78, 5) is 24.8. The molecule has 1 aliphatic rings. The Kier molecular flexibility index (Phi) is 5.45. The molecule has 4 N–H and O–H groups in total. The molecule has 0 saturated carbocycles. The van der Waals surface area contributed by atoms with E-state index < -0.39 is 23.6 Å². The average molecular weight is 343 g/mol. The number of hydrogen-bond acceptors (Lipinski definition) is 3. The Morgan fingerprint density at radius 3 is 2.58 bits per heavy atom. The number of likely N-dealkylation sites (N-methyl/N-ethyl adjacent to an activating group) is 1. The molecule has 1 unspecified atom stereocenters. The highest BCUT2D eigenvalue weighted by molar-refractivity contribution is 6.39. The van der Waals surface area contributed by atoms with Crippen LogP contribution < -0.4 is 21.1 Å². The van der Waals surface area contributed by atoms with Crippen LogP contribution in [-0.2, 0) is 15.8 Å². The molecule has 1 aliphatic heterocycles. The molecule has 0 saturated heterocycles. The van der Waals surface area contributed by atoms with E-state index in [2.05, 4.69) is 16.2 Å². The maximum atomic E-state index is 12.6. The fraction of sp³-hybridized carbons (Fsp3) is 0.333. The minimum atomic E-state index is -4.52. The molecule has 2 amide bonds. The molecule has 9 heteroatoms. The molecule has 6 nitrogen and oxygen atoms in total. The van der Waals surface area contributed by atoms with Gasteiger partial charge in [-0.1, -0.05) is 6.07 Å². The number of alkyl halides is 3. The number of quaternary nitrogens is 1. The number of carbonyl (C=O) groups excluding carboxylic acids is 2. The molecule has 24 heavy (non-hydrogen) atoms. The van der Waals surface area contributed by atoms with Crippen LogP contribution in [0.1, 0.15) is 12.0 Å². The number of halogens is 3. The SMILES string of the molecule is C[NH+]1CC=C(NNC(=O)C(=O)Nc2cccc(C(F)(F)F)c2)CC1. The Hall–Kier alpha value is -2.55. The van der Waals surface area contributed by atoms with Crippen LogP contribution in [-0.4, -0.2) is 32.0 Å². The standard InChI is InChI=1S/C15H17F3N4O2/c1-22-7-5-11(6-8-22)20-21-14(24)13(23)19-12-4-2-3-10(9-12)15(16,17)18/h2-5,9,20H,6-8H2,1H3,(H,19,23)(H,21,24)/p+1. The summed E-state index contributed by atoms with van der Waals surface area (Å²) in [6.07, 6.45) is -1.89. The molecule has 0 spiro atoms. The van der Waals surface area contributed by atoms with Crippen molar-refractivity contribution in [2.24, 2.45) is 0 Å². The lowest BCUT2D eigenvalue weighted by Crippen LogP contribution is -3.09. The molecule has 1 heterocycles. The number of hydrogen-bond donors (Lipinski definition) is 4. The van der Waals surface area contributed by atoms with Gasteiger partial charge in [0.05, 0.1) is 25.7 Å². The summed E-state index contributed by atoms with van der Waals surface area (Å²) >= 11 is 0. The summed E-state index contributed by atoms with van der Waals surface area (Å²) in [6.45, 7) is 1.69. The highest BCUT2D eigenvalue weighted by atomic mass is 19.4. The normalized spacial score (nSPS) is 17.7. The van der Waals surface area contributed by atoms with Gasteiger partial charge in [0.15, 0.2) is 0 Å². The van der Waals surface area contributed by atoms with E-state index in [-0.39, 0.29) is 5.69 Å². The van der Waals surface area contributed by atoms with Gasteiger partial charge in [-0.2, -0.15) is 13.2 Å². The molecule has 1 aromatic carbocycles. The third-order valence-corrected chi connectivity index (χ3v) is 3.51. The van der Waals surface area contributed by atoms with Gasteiger partial charge in [-0.25, -0.2) is 0 Å². The van der Waals surface area contributed by atoms with Gasteiger partial charge in [0.1, 0.15) is 0 Å². The largest absolute Gasteiger partial charge is 0.416 e. The number of benzene rings is 1. The van der Waals surface area contributed by atoms with Crippen molar-refractivity contribution in [3.63, 3.8) is 0 Å². The summed E-state index contributed by atoms with van der Waals surface area (Å²) in [6, 6.07) is 4.07. The van der Waals surface area contributed by atoms with Crippen molar-refractivity contribution in [2.75, 3.05) is 25.5 Å². The molecular formula is C15H18F3N4O2+. The van der Waals surface area contributed by atoms with Crippen LogP contribution in [0.4, 0.5) is 18.9 Å². The third-order valence-electron chi connectivity index (χ3n) is 3.51. The van der Waals surface area contributed by atoms with E-state index in [0.717, 1.165) is 43.4 Å². The predicted octanol–water partition coefficient (Wildman–Crippen LogP) is 0.0670. The predicted molar refractivity (Wildman–Crippen MR) is 80.7 cm³/mol. The van der Waals surface area contributed by atoms with Crippen molar-refractivity contribution in [1.82, 2.24) is 10.9 Å². The van der Waals surface area contributed by atoms with Crippen LogP contribution in [0.5, 0.6) is 0 Å². The Labute approximate surface area is 136 Å². The highest BCUT2D eigenvalue weighted by Crippen LogP contribution is 2.30. The fourth-order valence-electron chi connectivity index (χ4n) is 2.12. The van der Waals surface area contributed by atoms with Gasteiger partial charge in [-0.3, -0.25) is 15.0 Å². The van der Waals surface area contributed by atoms with Gasteiger partial charge in [-0.05, 0) is 24.3 Å². The fourth-order valence-corrected chi connectivity index (χ4v) is 2.12. The molecule has 0 bridgehead atoms. The zero-order chi connectivity index (χ0) is 17.7. The van der Waals surface area contributed by atoms with Crippen LogP contribution in [0, 0.1) is 0 Å². The van der Waals surface area contributed by atoms with Gasteiger partial charge in [0.25, 0.3) is 0 Å². The Bertz CT molecular complexity index is 658. The highest BCUT2D eigenvalue weighted by Gasteiger charge is 2.30. The van der Waals surface area contributed by atoms with Gasteiger partial charge in [0.2, 0.25) is 0 Å². The third kappa shape index (κ3) is 4.98. The molecule has 1 atom stereocenters. The smallest absolute Gasteiger partial charge is 0.334 e. The number of amides is 2. The molecular weight excluding hydrogens is 325 g/mol. The summed E-state index contributed by atoms with van der Waals surface area (Å²) in [5, 5.41) is 2.13. The van der Waals surface area contributed by atoms with Gasteiger partial charge < -0.3 is 15.6 Å². The molecule has 0 fully saturated rings. The lowest BCUT2D eigenvalue weighted by molar-refractivity contribution is -0.875. The first kappa shape index (κ1) is 17.8. The quantitative estimate of drug-likeness (QED) is 0.463. The maximum Gasteiger partial charge on any atom is 0.416 e. The monoisotopic (exact) mass is 343 g/mol. The first-order valence-corrected chi connectivity index (χ1v) is 7.30. The van der Waals surface area contributed by atoms with E-state index in [0.29, 0.717) is 0 Å². The number of rotatable bonds is 3. The second-order valence-corrected chi connectivity index (χ2v) is 5.50. The van der Waals surface area contributed by atoms with E-state index >= 15 is 0 Å². The number of nitrogens with one attached hydrogen (secondary N) is 4. The topological polar surface area (TPSA) is 74.7 Å². The zero-order valence-electron chi connectivity index (χ0n) is 13.0.